The Morgan fingerprint density at radius 1 is 1.00 bits per heavy atom. The summed E-state index contributed by atoms with van der Waals surface area (Å²) >= 11 is 0. The number of benzene rings is 1. The number of hydrogen-bond acceptors (Lipinski definition) is 8. The molecule has 0 aromatic heterocycles. The summed E-state index contributed by atoms with van der Waals surface area (Å²) in [6, 6.07) is 3.52. The van der Waals surface area contributed by atoms with Crippen molar-refractivity contribution >= 4 is 23.7 Å². The van der Waals surface area contributed by atoms with E-state index in [9.17, 15) is 19.2 Å². The van der Waals surface area contributed by atoms with E-state index < -0.39 is 41.3 Å². The number of fused-ring (bicyclic) bond motifs is 1. The van der Waals surface area contributed by atoms with Gasteiger partial charge in [0.2, 0.25) is 5.78 Å². The fourth-order valence-electron chi connectivity index (χ4n) is 3.89. The van der Waals surface area contributed by atoms with Gasteiger partial charge in [0.05, 0.1) is 6.61 Å². The normalized spacial score (nSPS) is 18.4. The van der Waals surface area contributed by atoms with Gasteiger partial charge in [-0.15, -0.1) is 0 Å². The monoisotopic (exact) mass is 420 g/mol. The second kappa shape index (κ2) is 9.38. The average molecular weight is 420 g/mol. The lowest BCUT2D eigenvalue weighted by Crippen LogP contribution is -2.51. The first-order valence-electron chi connectivity index (χ1n) is 9.64. The molecule has 30 heavy (non-hydrogen) atoms. The SMILES string of the molecule is COCc1ccc(COC(C)=O)c2c1C(=O)C(OC(C)=O)C(C(C)(C)OC(C)=O)C2. The maximum absolute atomic E-state index is 13.5. The van der Waals surface area contributed by atoms with Crippen LogP contribution in [0.5, 0.6) is 0 Å². The van der Waals surface area contributed by atoms with Gasteiger partial charge in [-0.1, -0.05) is 12.1 Å². The van der Waals surface area contributed by atoms with Gasteiger partial charge in [0.15, 0.2) is 6.10 Å². The van der Waals surface area contributed by atoms with Crippen LogP contribution in [-0.2, 0) is 53.0 Å². The third-order valence-corrected chi connectivity index (χ3v) is 5.11. The van der Waals surface area contributed by atoms with Crippen molar-refractivity contribution < 1.29 is 38.1 Å². The highest BCUT2D eigenvalue weighted by Gasteiger charge is 2.48. The minimum absolute atomic E-state index is 0.00282. The molecule has 8 heteroatoms. The van der Waals surface area contributed by atoms with Gasteiger partial charge in [0.25, 0.3) is 0 Å². The summed E-state index contributed by atoms with van der Waals surface area (Å²) in [5, 5.41) is 0. The molecule has 1 aliphatic carbocycles. The molecule has 2 rings (SSSR count). The first kappa shape index (κ1) is 23.5. The molecule has 0 aliphatic heterocycles. The van der Waals surface area contributed by atoms with Gasteiger partial charge in [-0.3, -0.25) is 19.2 Å². The third-order valence-electron chi connectivity index (χ3n) is 5.11. The molecule has 0 spiro atoms. The summed E-state index contributed by atoms with van der Waals surface area (Å²) < 4.78 is 21.3. The minimum atomic E-state index is -1.12. The second-order valence-electron chi connectivity index (χ2n) is 7.85. The fourth-order valence-corrected chi connectivity index (χ4v) is 3.89. The Labute approximate surface area is 175 Å². The van der Waals surface area contributed by atoms with E-state index >= 15 is 0 Å². The van der Waals surface area contributed by atoms with E-state index in [-0.39, 0.29) is 19.6 Å². The van der Waals surface area contributed by atoms with Crippen LogP contribution in [0.15, 0.2) is 12.1 Å². The summed E-state index contributed by atoms with van der Waals surface area (Å²) in [5.74, 6) is -2.58. The van der Waals surface area contributed by atoms with Crippen molar-refractivity contribution in [1.82, 2.24) is 0 Å². The molecule has 1 aromatic rings. The zero-order chi connectivity index (χ0) is 22.6. The van der Waals surface area contributed by atoms with E-state index in [0.717, 1.165) is 0 Å². The molecule has 1 aromatic carbocycles. The Balaban J connectivity index is 2.63. The molecule has 2 atom stereocenters. The number of ketones is 1. The molecule has 1 aliphatic rings. The molecule has 0 amide bonds. The van der Waals surface area contributed by atoms with Crippen LogP contribution in [0.4, 0.5) is 0 Å². The van der Waals surface area contributed by atoms with E-state index in [1.165, 1.54) is 27.9 Å². The highest BCUT2D eigenvalue weighted by atomic mass is 16.6. The molecular formula is C22H28O8. The summed E-state index contributed by atoms with van der Waals surface area (Å²) in [6.07, 6.45) is -0.836. The van der Waals surface area contributed by atoms with E-state index in [1.807, 2.05) is 0 Å². The van der Waals surface area contributed by atoms with Gasteiger partial charge in [0.1, 0.15) is 12.2 Å². The third kappa shape index (κ3) is 5.24. The average Bonchev–Trinajstić information content (AvgIpc) is 2.61. The van der Waals surface area contributed by atoms with E-state index in [2.05, 4.69) is 0 Å². The van der Waals surface area contributed by atoms with E-state index in [1.54, 1.807) is 26.0 Å². The topological polar surface area (TPSA) is 105 Å². The molecular weight excluding hydrogens is 392 g/mol. The molecule has 0 N–H and O–H groups in total. The maximum atomic E-state index is 13.5. The first-order chi connectivity index (χ1) is 14.0. The number of esters is 3. The minimum Gasteiger partial charge on any atom is -0.461 e. The number of carbonyl (C=O) groups excluding carboxylic acids is 4. The smallest absolute Gasteiger partial charge is 0.303 e. The standard InChI is InChI=1S/C22H28O8/c1-12(23)28-11-15-7-8-16(10-27-6)19-17(15)9-18(22(4,5)30-14(3)25)21(20(19)26)29-13(2)24/h7-8,18,21H,9-11H2,1-6H3. The van der Waals surface area contributed by atoms with Crippen molar-refractivity contribution in [2.24, 2.45) is 5.92 Å². The molecule has 0 fully saturated rings. The predicted molar refractivity (Wildman–Crippen MR) is 106 cm³/mol. The van der Waals surface area contributed by atoms with Crippen LogP contribution in [0.25, 0.3) is 0 Å². The Hall–Kier alpha value is -2.74. The fraction of sp³-hybridized carbons (Fsp3) is 0.545. The van der Waals surface area contributed by atoms with Gasteiger partial charge < -0.3 is 18.9 Å². The van der Waals surface area contributed by atoms with E-state index in [4.69, 9.17) is 18.9 Å². The molecule has 164 valence electrons. The van der Waals surface area contributed by atoms with Gasteiger partial charge >= 0.3 is 17.9 Å². The van der Waals surface area contributed by atoms with Crippen molar-refractivity contribution in [3.05, 3.63) is 34.4 Å². The van der Waals surface area contributed by atoms with Crippen molar-refractivity contribution in [2.75, 3.05) is 7.11 Å². The number of methoxy groups -OCH3 is 1. The summed E-state index contributed by atoms with van der Waals surface area (Å²) in [7, 11) is 1.52. The van der Waals surface area contributed by atoms with Crippen LogP contribution in [0.2, 0.25) is 0 Å². The van der Waals surface area contributed by atoms with Crippen LogP contribution < -0.4 is 0 Å². The van der Waals surface area contributed by atoms with Crippen LogP contribution in [-0.4, -0.2) is 42.5 Å². The summed E-state index contributed by atoms with van der Waals surface area (Å²) in [6.45, 7) is 7.36. The van der Waals surface area contributed by atoms with Crippen LogP contribution in [0.3, 0.4) is 0 Å². The van der Waals surface area contributed by atoms with Crippen molar-refractivity contribution in [2.45, 2.75) is 66.0 Å². The van der Waals surface area contributed by atoms with Crippen LogP contribution in [0.1, 0.15) is 61.7 Å². The summed E-state index contributed by atoms with van der Waals surface area (Å²) in [4.78, 5) is 48.2. The lowest BCUT2D eigenvalue weighted by Gasteiger charge is -2.41. The highest BCUT2D eigenvalue weighted by Crippen LogP contribution is 2.39. The molecule has 2 unspecified atom stereocenters. The Kier molecular flexibility index (Phi) is 7.36. The number of carbonyl (C=O) groups is 4. The molecule has 0 saturated heterocycles. The van der Waals surface area contributed by atoms with E-state index in [0.29, 0.717) is 22.3 Å². The van der Waals surface area contributed by atoms with Crippen LogP contribution >= 0.6 is 0 Å². The maximum Gasteiger partial charge on any atom is 0.303 e. The molecule has 0 bridgehead atoms. The number of hydrogen-bond donors (Lipinski definition) is 0. The molecule has 0 heterocycles. The zero-order valence-corrected chi connectivity index (χ0v) is 18.2. The summed E-state index contributed by atoms with van der Waals surface area (Å²) in [5.41, 5.74) is 1.28. The first-order valence-corrected chi connectivity index (χ1v) is 9.64. The van der Waals surface area contributed by atoms with Gasteiger partial charge in [-0.2, -0.15) is 0 Å². The highest BCUT2D eigenvalue weighted by molar-refractivity contribution is 6.04. The molecule has 0 radical (unpaired) electrons. The van der Waals surface area contributed by atoms with Gasteiger partial charge in [-0.05, 0) is 37.0 Å². The van der Waals surface area contributed by atoms with Crippen molar-refractivity contribution in [3.63, 3.8) is 0 Å². The molecule has 8 nitrogen and oxygen atoms in total. The van der Waals surface area contributed by atoms with Crippen molar-refractivity contribution in [3.8, 4) is 0 Å². The number of ether oxygens (including phenoxy) is 4. The zero-order valence-electron chi connectivity index (χ0n) is 18.2. The van der Waals surface area contributed by atoms with Crippen LogP contribution in [0, 0.1) is 5.92 Å². The Morgan fingerprint density at radius 3 is 2.17 bits per heavy atom. The van der Waals surface area contributed by atoms with Crippen molar-refractivity contribution in [1.29, 1.82) is 0 Å². The quantitative estimate of drug-likeness (QED) is 0.489. The Bertz CT molecular complexity index is 855. The number of Topliss-reactive ketones (excluding diaryl/α,β-unsaturated/α-hetero) is 1. The number of rotatable bonds is 7. The lowest BCUT2D eigenvalue weighted by molar-refractivity contribution is -0.167. The largest absolute Gasteiger partial charge is 0.461 e. The lowest BCUT2D eigenvalue weighted by atomic mass is 9.71. The predicted octanol–water partition coefficient (Wildman–Crippen LogP) is 2.52. The van der Waals surface area contributed by atoms with Gasteiger partial charge in [-0.25, -0.2) is 0 Å². The Morgan fingerprint density at radius 2 is 1.63 bits per heavy atom. The van der Waals surface area contributed by atoms with Gasteiger partial charge in [0, 0.05) is 39.4 Å². The molecule has 0 saturated carbocycles. The second-order valence-corrected chi connectivity index (χ2v) is 7.85.